The predicted molar refractivity (Wildman–Crippen MR) is 82.9 cm³/mol. The smallest absolute Gasteiger partial charge is 0.236 e. The van der Waals surface area contributed by atoms with Crippen molar-refractivity contribution < 1.29 is 14.3 Å². The van der Waals surface area contributed by atoms with Crippen molar-refractivity contribution in [2.24, 2.45) is 5.41 Å². The van der Waals surface area contributed by atoms with E-state index in [0.29, 0.717) is 19.4 Å². The number of carbonyl (C=O) groups is 2. The summed E-state index contributed by atoms with van der Waals surface area (Å²) in [5.41, 5.74) is 0.453. The Morgan fingerprint density at radius 3 is 2.73 bits per heavy atom. The van der Waals surface area contributed by atoms with Crippen molar-refractivity contribution in [3.8, 4) is 0 Å². The van der Waals surface area contributed by atoms with Gasteiger partial charge in [-0.05, 0) is 25.3 Å². The second kappa shape index (κ2) is 5.69. The molecule has 1 aromatic carbocycles. The number of hydrogen-bond acceptors (Lipinski definition) is 3. The number of rotatable bonds is 3. The quantitative estimate of drug-likeness (QED) is 0.637. The molecule has 2 aliphatic heterocycles. The Kier molecular flexibility index (Phi) is 3.87. The van der Waals surface area contributed by atoms with Crippen LogP contribution < -0.4 is 0 Å². The lowest BCUT2D eigenvalue weighted by Crippen LogP contribution is -2.42. The van der Waals surface area contributed by atoms with Crippen LogP contribution in [0, 0.1) is 5.41 Å². The molecule has 0 aliphatic carbocycles. The van der Waals surface area contributed by atoms with E-state index in [2.05, 4.69) is 6.58 Å². The molecule has 3 atom stereocenters. The van der Waals surface area contributed by atoms with Crippen LogP contribution >= 0.6 is 0 Å². The second-order valence-electron chi connectivity index (χ2n) is 6.31. The van der Waals surface area contributed by atoms with Crippen LogP contribution in [-0.2, 0) is 14.3 Å². The van der Waals surface area contributed by atoms with Crippen molar-refractivity contribution in [2.45, 2.75) is 38.4 Å². The normalized spacial score (nSPS) is 31.8. The van der Waals surface area contributed by atoms with Crippen molar-refractivity contribution in [1.29, 1.82) is 0 Å². The number of likely N-dealkylation sites (tertiary alicyclic amines) is 1. The number of benzene rings is 1. The van der Waals surface area contributed by atoms with Crippen molar-refractivity contribution in [2.75, 3.05) is 6.54 Å². The van der Waals surface area contributed by atoms with Gasteiger partial charge in [-0.3, -0.25) is 14.5 Å². The van der Waals surface area contributed by atoms with Crippen LogP contribution in [0.5, 0.6) is 0 Å². The van der Waals surface area contributed by atoms with Crippen molar-refractivity contribution in [3.05, 3.63) is 48.6 Å². The largest absolute Gasteiger partial charge is 0.371 e. The fraction of sp³-hybridized carbons (Fsp3) is 0.444. The SMILES string of the molecule is C=CCN1C(=O)CC2(CC(C)OC(c3ccccc3)C2)C1=O. The van der Waals surface area contributed by atoms with Gasteiger partial charge in [-0.25, -0.2) is 0 Å². The Balaban J connectivity index is 1.89. The molecule has 2 saturated heterocycles. The van der Waals surface area contributed by atoms with Gasteiger partial charge in [-0.15, -0.1) is 6.58 Å². The molecule has 0 bridgehead atoms. The molecule has 0 N–H and O–H groups in total. The van der Waals surface area contributed by atoms with Crippen LogP contribution in [0.4, 0.5) is 0 Å². The molecule has 3 rings (SSSR count). The van der Waals surface area contributed by atoms with Crippen LogP contribution in [-0.4, -0.2) is 29.4 Å². The molecule has 116 valence electrons. The van der Waals surface area contributed by atoms with Crippen LogP contribution in [0.2, 0.25) is 0 Å². The maximum atomic E-state index is 12.8. The molecule has 2 heterocycles. The summed E-state index contributed by atoms with van der Waals surface area (Å²) in [5, 5.41) is 0. The molecule has 1 spiro atoms. The Bertz CT molecular complexity index is 598. The molecule has 2 fully saturated rings. The third kappa shape index (κ3) is 2.48. The summed E-state index contributed by atoms with van der Waals surface area (Å²) in [6.07, 6.45) is 2.89. The zero-order valence-electron chi connectivity index (χ0n) is 12.8. The van der Waals surface area contributed by atoms with E-state index in [9.17, 15) is 9.59 Å². The molecule has 1 aromatic rings. The van der Waals surface area contributed by atoms with E-state index in [1.165, 1.54) is 4.90 Å². The minimum absolute atomic E-state index is 0.0422. The number of amides is 2. The molecular formula is C18H21NO3. The topological polar surface area (TPSA) is 46.6 Å². The molecule has 0 radical (unpaired) electrons. The van der Waals surface area contributed by atoms with Gasteiger partial charge < -0.3 is 4.74 Å². The average Bonchev–Trinajstić information content (AvgIpc) is 2.72. The molecular weight excluding hydrogens is 278 g/mol. The van der Waals surface area contributed by atoms with Gasteiger partial charge in [0.1, 0.15) is 0 Å². The van der Waals surface area contributed by atoms with E-state index in [0.717, 1.165) is 5.56 Å². The summed E-state index contributed by atoms with van der Waals surface area (Å²) in [6, 6.07) is 9.92. The van der Waals surface area contributed by atoms with E-state index in [-0.39, 0.29) is 30.4 Å². The number of nitrogens with zero attached hydrogens (tertiary/aromatic N) is 1. The standard InChI is InChI=1S/C18H21NO3/c1-3-9-19-16(20)12-18(17(19)21)10-13(2)22-15(11-18)14-7-5-4-6-8-14/h3-8,13,15H,1,9-12H2,2H3. The zero-order chi connectivity index (χ0) is 15.7. The number of imide groups is 1. The van der Waals surface area contributed by atoms with Crippen molar-refractivity contribution >= 4 is 11.8 Å². The van der Waals surface area contributed by atoms with Gasteiger partial charge in [0.25, 0.3) is 0 Å². The van der Waals surface area contributed by atoms with E-state index in [1.54, 1.807) is 6.08 Å². The Hall–Kier alpha value is -1.94. The Morgan fingerprint density at radius 2 is 2.05 bits per heavy atom. The van der Waals surface area contributed by atoms with Crippen LogP contribution in [0.1, 0.15) is 37.9 Å². The fourth-order valence-electron chi connectivity index (χ4n) is 3.72. The predicted octanol–water partition coefficient (Wildman–Crippen LogP) is 2.86. The molecule has 3 unspecified atom stereocenters. The molecule has 4 heteroatoms. The summed E-state index contributed by atoms with van der Waals surface area (Å²) in [7, 11) is 0. The maximum Gasteiger partial charge on any atom is 0.236 e. The van der Waals surface area contributed by atoms with E-state index in [1.807, 2.05) is 37.3 Å². The van der Waals surface area contributed by atoms with Gasteiger partial charge in [-0.2, -0.15) is 0 Å². The fourth-order valence-corrected chi connectivity index (χ4v) is 3.72. The number of hydrogen-bond donors (Lipinski definition) is 0. The summed E-state index contributed by atoms with van der Waals surface area (Å²) >= 11 is 0. The molecule has 2 amide bonds. The first-order valence-electron chi connectivity index (χ1n) is 7.72. The minimum atomic E-state index is -0.613. The molecule has 0 aromatic heterocycles. The van der Waals surface area contributed by atoms with Gasteiger partial charge >= 0.3 is 0 Å². The van der Waals surface area contributed by atoms with Crippen LogP contribution in [0.15, 0.2) is 43.0 Å². The highest BCUT2D eigenvalue weighted by molar-refractivity contribution is 6.06. The van der Waals surface area contributed by atoms with Gasteiger partial charge in [0.05, 0.1) is 17.6 Å². The summed E-state index contributed by atoms with van der Waals surface area (Å²) in [5.74, 6) is -0.153. The van der Waals surface area contributed by atoms with Crippen LogP contribution in [0.25, 0.3) is 0 Å². The zero-order valence-corrected chi connectivity index (χ0v) is 12.8. The van der Waals surface area contributed by atoms with Gasteiger partial charge in [0, 0.05) is 13.0 Å². The minimum Gasteiger partial charge on any atom is -0.371 e. The highest BCUT2D eigenvalue weighted by Crippen LogP contribution is 2.49. The Morgan fingerprint density at radius 1 is 1.32 bits per heavy atom. The van der Waals surface area contributed by atoms with Gasteiger partial charge in [0.15, 0.2) is 0 Å². The highest BCUT2D eigenvalue weighted by atomic mass is 16.5. The molecule has 2 aliphatic rings. The first-order chi connectivity index (χ1) is 10.6. The van der Waals surface area contributed by atoms with E-state index in [4.69, 9.17) is 4.74 Å². The maximum absolute atomic E-state index is 12.8. The monoisotopic (exact) mass is 299 g/mol. The first-order valence-corrected chi connectivity index (χ1v) is 7.72. The lowest BCUT2D eigenvalue weighted by molar-refractivity contribution is -0.151. The highest BCUT2D eigenvalue weighted by Gasteiger charge is 2.54. The summed E-state index contributed by atoms with van der Waals surface area (Å²) in [4.78, 5) is 26.4. The molecule has 0 saturated carbocycles. The summed E-state index contributed by atoms with van der Waals surface area (Å²) in [6.45, 7) is 5.91. The van der Waals surface area contributed by atoms with Crippen LogP contribution in [0.3, 0.4) is 0 Å². The van der Waals surface area contributed by atoms with Gasteiger partial charge in [-0.1, -0.05) is 36.4 Å². The van der Waals surface area contributed by atoms with Crippen molar-refractivity contribution in [1.82, 2.24) is 4.90 Å². The lowest BCUT2D eigenvalue weighted by atomic mass is 9.73. The second-order valence-corrected chi connectivity index (χ2v) is 6.31. The number of ether oxygens (including phenoxy) is 1. The first kappa shape index (κ1) is 15.0. The van der Waals surface area contributed by atoms with E-state index < -0.39 is 5.41 Å². The third-order valence-electron chi connectivity index (χ3n) is 4.62. The number of carbonyl (C=O) groups excluding carboxylic acids is 2. The lowest BCUT2D eigenvalue weighted by Gasteiger charge is -2.39. The Labute approximate surface area is 130 Å². The molecule has 22 heavy (non-hydrogen) atoms. The molecule has 4 nitrogen and oxygen atoms in total. The van der Waals surface area contributed by atoms with Gasteiger partial charge in [0.2, 0.25) is 11.8 Å². The van der Waals surface area contributed by atoms with E-state index >= 15 is 0 Å². The third-order valence-corrected chi connectivity index (χ3v) is 4.62. The van der Waals surface area contributed by atoms with Crippen molar-refractivity contribution in [3.63, 3.8) is 0 Å². The average molecular weight is 299 g/mol. The summed E-state index contributed by atoms with van der Waals surface area (Å²) < 4.78 is 6.04.